The van der Waals surface area contributed by atoms with Crippen LogP contribution in [0.4, 0.5) is 10.6 Å². The number of nitrogens with one attached hydrogen (secondary N) is 2. The number of aromatic nitrogens is 3. The minimum Gasteiger partial charge on any atom is -0.444 e. The van der Waals surface area contributed by atoms with Crippen molar-refractivity contribution in [3.05, 3.63) is 52.9 Å². The maximum atomic E-state index is 13.6. The summed E-state index contributed by atoms with van der Waals surface area (Å²) in [6, 6.07) is 7.44. The lowest BCUT2D eigenvalue weighted by Gasteiger charge is -2.37. The van der Waals surface area contributed by atoms with Crippen molar-refractivity contribution in [2.75, 3.05) is 37.6 Å². The van der Waals surface area contributed by atoms with E-state index in [1.165, 1.54) is 0 Å². The number of aromatic amines is 1. The molecule has 9 nitrogen and oxygen atoms in total. The van der Waals surface area contributed by atoms with Gasteiger partial charge in [-0.2, -0.15) is 0 Å². The lowest BCUT2D eigenvalue weighted by atomic mass is 9.97. The van der Waals surface area contributed by atoms with Gasteiger partial charge >= 0.3 is 6.09 Å². The fourth-order valence-corrected chi connectivity index (χ4v) is 4.53. The molecule has 0 aliphatic carbocycles. The van der Waals surface area contributed by atoms with E-state index in [1.807, 2.05) is 63.1 Å². The number of ether oxygens (including phenoxy) is 1. The molecule has 1 aliphatic rings. The van der Waals surface area contributed by atoms with Crippen LogP contribution in [-0.4, -0.2) is 70.2 Å². The highest BCUT2D eigenvalue weighted by Gasteiger charge is 2.30. The van der Waals surface area contributed by atoms with E-state index in [-0.39, 0.29) is 12.5 Å². The average molecular weight is 513 g/mol. The number of fused-ring (bicyclic) bond motifs is 1. The van der Waals surface area contributed by atoms with Gasteiger partial charge in [-0.25, -0.2) is 14.8 Å². The van der Waals surface area contributed by atoms with Crippen LogP contribution in [0.2, 0.25) is 5.02 Å². The highest BCUT2D eigenvalue weighted by Crippen LogP contribution is 2.27. The molecule has 10 heteroatoms. The minimum absolute atomic E-state index is 0.00585. The third kappa shape index (κ3) is 6.26. The maximum Gasteiger partial charge on any atom is 0.407 e. The number of hydrogen-bond donors (Lipinski definition) is 2. The number of piperazine rings is 1. The number of H-pyrrole nitrogens is 1. The minimum atomic E-state index is -0.611. The Morgan fingerprint density at radius 1 is 1.14 bits per heavy atom. The van der Waals surface area contributed by atoms with Crippen LogP contribution in [0.1, 0.15) is 31.9 Å². The number of rotatable bonds is 6. The zero-order chi connectivity index (χ0) is 25.9. The van der Waals surface area contributed by atoms with Gasteiger partial charge in [0.2, 0.25) is 5.91 Å². The molecule has 1 unspecified atom stereocenters. The largest absolute Gasteiger partial charge is 0.444 e. The van der Waals surface area contributed by atoms with Gasteiger partial charge < -0.3 is 24.8 Å². The van der Waals surface area contributed by atoms with Crippen LogP contribution in [0.5, 0.6) is 0 Å². The van der Waals surface area contributed by atoms with Crippen molar-refractivity contribution in [2.45, 2.75) is 39.7 Å². The van der Waals surface area contributed by atoms with E-state index in [0.29, 0.717) is 37.6 Å². The molecule has 1 atom stereocenters. The van der Waals surface area contributed by atoms with Crippen LogP contribution in [0.3, 0.4) is 0 Å². The van der Waals surface area contributed by atoms with Gasteiger partial charge in [0.25, 0.3) is 0 Å². The Labute approximate surface area is 216 Å². The first-order valence-electron chi connectivity index (χ1n) is 12.1. The molecule has 192 valence electrons. The molecule has 1 fully saturated rings. The molecular weight excluding hydrogens is 480 g/mol. The number of carbonyl (C=O) groups excluding carboxylic acids is 2. The molecule has 0 bridgehead atoms. The van der Waals surface area contributed by atoms with Crippen molar-refractivity contribution in [2.24, 2.45) is 5.92 Å². The smallest absolute Gasteiger partial charge is 0.407 e. The summed E-state index contributed by atoms with van der Waals surface area (Å²) in [6.07, 6.45) is 3.45. The number of carbonyl (C=O) groups is 2. The predicted molar refractivity (Wildman–Crippen MR) is 140 cm³/mol. The number of aryl methyl sites for hydroxylation is 1. The number of halogens is 1. The van der Waals surface area contributed by atoms with E-state index < -0.39 is 17.6 Å². The topological polar surface area (TPSA) is 103 Å². The Kier molecular flexibility index (Phi) is 7.68. The molecule has 1 saturated heterocycles. The van der Waals surface area contributed by atoms with E-state index in [0.717, 1.165) is 28.0 Å². The van der Waals surface area contributed by atoms with Gasteiger partial charge in [-0.3, -0.25) is 4.79 Å². The van der Waals surface area contributed by atoms with Crippen LogP contribution in [-0.2, 0) is 16.0 Å². The summed E-state index contributed by atoms with van der Waals surface area (Å²) in [4.78, 5) is 42.0. The molecule has 0 radical (unpaired) electrons. The molecular formula is C26H33ClN6O3. The average Bonchev–Trinajstić information content (AvgIpc) is 3.22. The fraction of sp³-hybridized carbons (Fsp3) is 0.462. The van der Waals surface area contributed by atoms with Crippen LogP contribution in [0.25, 0.3) is 11.0 Å². The van der Waals surface area contributed by atoms with Gasteiger partial charge in [0.1, 0.15) is 23.4 Å². The third-order valence-corrected chi connectivity index (χ3v) is 6.43. The molecule has 2 amide bonds. The number of nitrogens with zero attached hydrogens (tertiary/aromatic N) is 4. The second-order valence-electron chi connectivity index (χ2n) is 10.1. The van der Waals surface area contributed by atoms with E-state index in [1.54, 1.807) is 6.33 Å². The molecule has 2 aromatic heterocycles. The second-order valence-corrected chi connectivity index (χ2v) is 10.6. The van der Waals surface area contributed by atoms with Crippen molar-refractivity contribution in [1.82, 2.24) is 25.2 Å². The summed E-state index contributed by atoms with van der Waals surface area (Å²) in [5, 5.41) is 4.44. The van der Waals surface area contributed by atoms with E-state index in [4.69, 9.17) is 16.3 Å². The predicted octanol–water partition coefficient (Wildman–Crippen LogP) is 3.95. The van der Waals surface area contributed by atoms with Crippen molar-refractivity contribution in [3.8, 4) is 0 Å². The van der Waals surface area contributed by atoms with Gasteiger partial charge in [-0.15, -0.1) is 0 Å². The number of alkyl carbamates (subject to hydrolysis) is 1. The third-order valence-electron chi connectivity index (χ3n) is 6.17. The SMILES string of the molecule is Cc1c[nH]c2ncnc(N3CCN(C(=O)C(CNC(=O)OC(C)(C)C)Cc4ccc(Cl)cc4)CC3)c12. The van der Waals surface area contributed by atoms with Gasteiger partial charge in [0, 0.05) is 43.9 Å². The lowest BCUT2D eigenvalue weighted by molar-refractivity contribution is -0.135. The Balaban J connectivity index is 1.44. The number of hydrogen-bond acceptors (Lipinski definition) is 6. The molecule has 1 aliphatic heterocycles. The van der Waals surface area contributed by atoms with Crippen molar-refractivity contribution in [3.63, 3.8) is 0 Å². The fourth-order valence-electron chi connectivity index (χ4n) is 4.41. The normalized spacial score (nSPS) is 15.1. The van der Waals surface area contributed by atoms with Crippen molar-refractivity contribution < 1.29 is 14.3 Å². The number of anilines is 1. The van der Waals surface area contributed by atoms with Crippen molar-refractivity contribution >= 4 is 40.5 Å². The standard InChI is InChI=1S/C26H33ClN6O3/c1-17-14-28-22-21(17)23(31-16-30-22)32-9-11-33(12-10-32)24(34)19(13-18-5-7-20(27)8-6-18)15-29-25(35)36-26(2,3)4/h5-8,14,16,19H,9-13,15H2,1-4H3,(H,29,35)(H,28,30,31). The summed E-state index contributed by atoms with van der Waals surface area (Å²) in [5.41, 5.74) is 2.27. The maximum absolute atomic E-state index is 13.6. The quantitative estimate of drug-likeness (QED) is 0.518. The first-order chi connectivity index (χ1) is 17.1. The summed E-state index contributed by atoms with van der Waals surface area (Å²) in [6.45, 7) is 10.1. The summed E-state index contributed by atoms with van der Waals surface area (Å²) < 4.78 is 5.37. The van der Waals surface area contributed by atoms with Gasteiger partial charge in [0.05, 0.1) is 11.3 Å². The van der Waals surface area contributed by atoms with E-state index >= 15 is 0 Å². The molecule has 36 heavy (non-hydrogen) atoms. The summed E-state index contributed by atoms with van der Waals surface area (Å²) >= 11 is 6.04. The zero-order valence-electron chi connectivity index (χ0n) is 21.2. The Morgan fingerprint density at radius 2 is 1.83 bits per heavy atom. The van der Waals surface area contributed by atoms with Crippen LogP contribution < -0.4 is 10.2 Å². The monoisotopic (exact) mass is 512 g/mol. The highest BCUT2D eigenvalue weighted by atomic mass is 35.5. The Bertz CT molecular complexity index is 1210. The van der Waals surface area contributed by atoms with E-state index in [9.17, 15) is 9.59 Å². The first kappa shape index (κ1) is 25.8. The molecule has 2 N–H and O–H groups in total. The Morgan fingerprint density at radius 3 is 2.50 bits per heavy atom. The summed E-state index contributed by atoms with van der Waals surface area (Å²) in [7, 11) is 0. The van der Waals surface area contributed by atoms with Crippen LogP contribution in [0, 0.1) is 12.8 Å². The second kappa shape index (κ2) is 10.7. The van der Waals surface area contributed by atoms with Crippen molar-refractivity contribution in [1.29, 1.82) is 0 Å². The Hall–Kier alpha value is -3.33. The van der Waals surface area contributed by atoms with Gasteiger partial charge in [-0.05, 0) is 57.4 Å². The molecule has 1 aromatic carbocycles. The first-order valence-corrected chi connectivity index (χ1v) is 12.5. The number of benzene rings is 1. The zero-order valence-corrected chi connectivity index (χ0v) is 21.9. The van der Waals surface area contributed by atoms with Gasteiger partial charge in [-0.1, -0.05) is 23.7 Å². The molecule has 4 rings (SSSR count). The number of amides is 2. The van der Waals surface area contributed by atoms with Crippen LogP contribution >= 0.6 is 11.6 Å². The highest BCUT2D eigenvalue weighted by molar-refractivity contribution is 6.30. The molecule has 3 heterocycles. The van der Waals surface area contributed by atoms with Crippen LogP contribution in [0.15, 0.2) is 36.8 Å². The van der Waals surface area contributed by atoms with E-state index in [2.05, 4.69) is 25.2 Å². The lowest BCUT2D eigenvalue weighted by Crippen LogP contribution is -2.52. The van der Waals surface area contributed by atoms with Gasteiger partial charge in [0.15, 0.2) is 0 Å². The molecule has 3 aromatic rings. The molecule has 0 spiro atoms. The summed E-state index contributed by atoms with van der Waals surface area (Å²) in [5.74, 6) is 0.462. The molecule has 0 saturated carbocycles.